The van der Waals surface area contributed by atoms with Crippen molar-refractivity contribution in [2.45, 2.75) is 178 Å². The van der Waals surface area contributed by atoms with Crippen molar-refractivity contribution in [1.82, 2.24) is 47.0 Å². The second kappa shape index (κ2) is 31.7. The average Bonchev–Trinajstić information content (AvgIpc) is 4.09. The van der Waals surface area contributed by atoms with Crippen LogP contribution >= 0.6 is 0 Å². The summed E-state index contributed by atoms with van der Waals surface area (Å²) >= 11 is 0. The Hall–Kier alpha value is -7.40. The highest BCUT2D eigenvalue weighted by Gasteiger charge is 2.45. The van der Waals surface area contributed by atoms with E-state index in [2.05, 4.69) is 37.2 Å². The third-order valence-electron chi connectivity index (χ3n) is 18.3. The Kier molecular flexibility index (Phi) is 23.7. The predicted octanol–water partition coefficient (Wildman–Crippen LogP) is 7.01. The summed E-state index contributed by atoms with van der Waals surface area (Å²) in [5.41, 5.74) is 3.18. The van der Waals surface area contributed by atoms with Gasteiger partial charge < -0.3 is 47.0 Å². The Morgan fingerprint density at radius 3 is 1.14 bits per heavy atom. The van der Waals surface area contributed by atoms with E-state index in [1.54, 1.807) is 23.8 Å². The Morgan fingerprint density at radius 1 is 0.447 bits per heavy atom. The molecule has 2 aliphatic heterocycles. The fraction of sp³-hybridized carbons (Fsp3) is 0.529. The Morgan fingerprint density at radius 2 is 0.800 bits per heavy atom. The molecule has 4 aromatic carbocycles. The lowest BCUT2D eigenvalue weighted by Gasteiger charge is -2.36. The van der Waals surface area contributed by atoms with Gasteiger partial charge in [-0.1, -0.05) is 174 Å². The molecule has 2 saturated heterocycles. The molecule has 17 nitrogen and oxygen atoms in total. The SMILES string of the molecule is CC[C@@H](C)C(=O)N[C@H](C(=O)N1CCC[C@H]1C(=O)N[C@H](C(=O)NCCCNC(=O)[C@@H](NC(=O)[C@@H]1CCCN1C(=O)[C@@H](NC(=O)[C@@H](C)NC)C1CCCCC1)C(c1ccccc1)c1ccccc1)C(c1ccccc1)c1ccccc1)C1CCCCC1. The summed E-state index contributed by atoms with van der Waals surface area (Å²) < 4.78 is 0. The number of likely N-dealkylation sites (N-methyl/N-ethyl adjacent to an activating group) is 1. The number of amides is 8. The van der Waals surface area contributed by atoms with E-state index in [1.807, 2.05) is 135 Å². The predicted molar refractivity (Wildman–Crippen MR) is 328 cm³/mol. The number of carbonyl (C=O) groups is 8. The first-order valence-corrected chi connectivity index (χ1v) is 31.5. The molecule has 0 bridgehead atoms. The summed E-state index contributed by atoms with van der Waals surface area (Å²) in [5.74, 6) is -4.49. The van der Waals surface area contributed by atoms with E-state index in [0.717, 1.165) is 86.5 Å². The number of nitrogens with zero attached hydrogens (tertiary/aromatic N) is 2. The van der Waals surface area contributed by atoms with Crippen LogP contribution in [0, 0.1) is 17.8 Å². The minimum Gasteiger partial charge on any atom is -0.354 e. The maximum absolute atomic E-state index is 14.9. The van der Waals surface area contributed by atoms with E-state index in [9.17, 15) is 38.4 Å². The number of nitrogens with one attached hydrogen (secondary N) is 7. The molecule has 17 heteroatoms. The molecule has 2 saturated carbocycles. The van der Waals surface area contributed by atoms with Gasteiger partial charge in [0.05, 0.1) is 6.04 Å². The van der Waals surface area contributed by atoms with Gasteiger partial charge in [-0.3, -0.25) is 38.4 Å². The molecule has 4 aliphatic rings. The van der Waals surface area contributed by atoms with Crippen LogP contribution in [0.3, 0.4) is 0 Å². The topological polar surface area (TPSA) is 227 Å². The zero-order chi connectivity index (χ0) is 60.2. The van der Waals surface area contributed by atoms with Gasteiger partial charge in [0.1, 0.15) is 36.3 Å². The molecule has 2 heterocycles. The quantitative estimate of drug-likeness (QED) is 0.0321. The summed E-state index contributed by atoms with van der Waals surface area (Å²) in [6, 6.07) is 32.0. The standard InChI is InChI=1S/C68H91N9O8/c1-5-45(2)61(78)72-57(51-35-20-10-21-36-51)67(84)76-43-24-39-53(76)63(80)74-59(55(47-27-12-6-13-28-47)48-29-14-7-15-30-48)65(82)70-41-26-42-71-66(83)60(56(49-31-16-8-17-32-49)50-33-18-9-19-34-50)75-64(81)54-40-25-44-77(54)68(85)58(52-37-22-11-23-38-52)73-62(79)46(3)69-4/h6-9,12-19,27-34,45-46,51-60,69H,5,10-11,20-26,35-44H2,1-4H3,(H,70,82)(H,71,83)(H,72,78)(H,73,79)(H,74,80)(H,75,81)/t45-,46-,53+,54+,57+,58+,59+,60+/m1/s1. The minimum absolute atomic E-state index is 0.0415. The molecule has 456 valence electrons. The molecule has 0 radical (unpaired) electrons. The first-order valence-electron chi connectivity index (χ1n) is 31.5. The molecular weight excluding hydrogens is 1070 g/mol. The van der Waals surface area contributed by atoms with Crippen molar-refractivity contribution < 1.29 is 38.4 Å². The van der Waals surface area contributed by atoms with Crippen molar-refractivity contribution in [3.05, 3.63) is 144 Å². The average molecular weight is 1160 g/mol. The first-order chi connectivity index (χ1) is 41.3. The van der Waals surface area contributed by atoms with Crippen LogP contribution in [0.15, 0.2) is 121 Å². The normalized spacial score (nSPS) is 19.6. The van der Waals surface area contributed by atoms with Gasteiger partial charge >= 0.3 is 0 Å². The third-order valence-corrected chi connectivity index (χ3v) is 18.3. The smallest absolute Gasteiger partial charge is 0.246 e. The monoisotopic (exact) mass is 1160 g/mol. The number of carbonyl (C=O) groups excluding carboxylic acids is 8. The largest absolute Gasteiger partial charge is 0.354 e. The van der Waals surface area contributed by atoms with Crippen molar-refractivity contribution in [2.24, 2.45) is 17.8 Å². The molecule has 7 N–H and O–H groups in total. The number of hydrogen-bond donors (Lipinski definition) is 7. The van der Waals surface area contributed by atoms with Crippen LogP contribution in [-0.4, -0.2) is 133 Å². The molecule has 8 amide bonds. The van der Waals surface area contributed by atoms with Gasteiger partial charge in [0.2, 0.25) is 47.3 Å². The van der Waals surface area contributed by atoms with Gasteiger partial charge in [-0.2, -0.15) is 0 Å². The maximum Gasteiger partial charge on any atom is 0.246 e. The second-order valence-electron chi connectivity index (χ2n) is 24.0. The van der Waals surface area contributed by atoms with Gasteiger partial charge in [0.15, 0.2) is 0 Å². The van der Waals surface area contributed by atoms with E-state index in [1.165, 1.54) is 0 Å². The lowest BCUT2D eigenvalue weighted by molar-refractivity contribution is -0.144. The summed E-state index contributed by atoms with van der Waals surface area (Å²) in [6.45, 7) is 6.45. The van der Waals surface area contributed by atoms with Crippen LogP contribution in [0.1, 0.15) is 158 Å². The lowest BCUT2D eigenvalue weighted by Crippen LogP contribution is -2.59. The fourth-order valence-corrected chi connectivity index (χ4v) is 13.2. The lowest BCUT2D eigenvalue weighted by atomic mass is 9.83. The second-order valence-corrected chi connectivity index (χ2v) is 24.0. The maximum atomic E-state index is 14.9. The molecule has 4 fully saturated rings. The van der Waals surface area contributed by atoms with E-state index in [4.69, 9.17) is 0 Å². The van der Waals surface area contributed by atoms with Crippen LogP contribution < -0.4 is 37.2 Å². The Labute approximate surface area is 502 Å². The fourth-order valence-electron chi connectivity index (χ4n) is 13.2. The van der Waals surface area contributed by atoms with Crippen LogP contribution in [0.2, 0.25) is 0 Å². The Balaban J connectivity index is 0.999. The van der Waals surface area contributed by atoms with Crippen molar-refractivity contribution >= 4 is 47.3 Å². The molecule has 0 unspecified atom stereocenters. The molecule has 2 aliphatic carbocycles. The van der Waals surface area contributed by atoms with Crippen LogP contribution in [-0.2, 0) is 38.4 Å². The summed E-state index contributed by atoms with van der Waals surface area (Å²) in [4.78, 5) is 119. The van der Waals surface area contributed by atoms with Crippen molar-refractivity contribution in [1.29, 1.82) is 0 Å². The molecule has 85 heavy (non-hydrogen) atoms. The number of likely N-dealkylation sites (tertiary alicyclic amines) is 2. The molecule has 0 aromatic heterocycles. The van der Waals surface area contributed by atoms with Gasteiger partial charge in [-0.25, -0.2) is 0 Å². The van der Waals surface area contributed by atoms with Gasteiger partial charge in [0.25, 0.3) is 0 Å². The molecular formula is C68H91N9O8. The molecule has 4 aromatic rings. The zero-order valence-electron chi connectivity index (χ0n) is 50.3. The Bertz CT molecular complexity index is 2560. The summed E-state index contributed by atoms with van der Waals surface area (Å²) in [7, 11) is 1.70. The van der Waals surface area contributed by atoms with Crippen LogP contribution in [0.25, 0.3) is 0 Å². The van der Waals surface area contributed by atoms with Crippen molar-refractivity contribution in [3.63, 3.8) is 0 Å². The van der Waals surface area contributed by atoms with Crippen molar-refractivity contribution in [2.75, 3.05) is 33.2 Å². The number of benzene rings is 4. The van der Waals surface area contributed by atoms with E-state index in [-0.39, 0.29) is 60.9 Å². The molecule has 0 spiro atoms. The number of rotatable bonds is 26. The highest BCUT2D eigenvalue weighted by molar-refractivity contribution is 5.97. The van der Waals surface area contributed by atoms with Gasteiger partial charge in [-0.05, 0) is 112 Å². The summed E-state index contributed by atoms with van der Waals surface area (Å²) in [5, 5.41) is 21.6. The van der Waals surface area contributed by atoms with Gasteiger partial charge in [-0.15, -0.1) is 0 Å². The molecule has 8 atom stereocenters. The van der Waals surface area contributed by atoms with Crippen LogP contribution in [0.5, 0.6) is 0 Å². The first kappa shape index (κ1) is 63.6. The third kappa shape index (κ3) is 16.5. The van der Waals surface area contributed by atoms with Crippen molar-refractivity contribution in [3.8, 4) is 0 Å². The highest BCUT2D eigenvalue weighted by Crippen LogP contribution is 2.34. The van der Waals surface area contributed by atoms with E-state index >= 15 is 0 Å². The van der Waals surface area contributed by atoms with Crippen LogP contribution in [0.4, 0.5) is 0 Å². The van der Waals surface area contributed by atoms with E-state index in [0.29, 0.717) is 45.2 Å². The number of hydrogen-bond acceptors (Lipinski definition) is 9. The summed E-state index contributed by atoms with van der Waals surface area (Å²) in [6.07, 6.45) is 12.0. The highest BCUT2D eigenvalue weighted by atomic mass is 16.2. The van der Waals surface area contributed by atoms with Gasteiger partial charge in [0, 0.05) is 43.9 Å². The van der Waals surface area contributed by atoms with E-state index < -0.39 is 77.8 Å². The minimum atomic E-state index is -1.14. The zero-order valence-corrected chi connectivity index (χ0v) is 50.3. The molecule has 8 rings (SSSR count).